The lowest BCUT2D eigenvalue weighted by molar-refractivity contribution is -0.115. The molecule has 0 fully saturated rings. The Labute approximate surface area is 175 Å². The SMILES string of the molecule is CCOC(=O)c1c(NC(=O)Cc2ccc(SCC)cc2)sc2c1CC[C@@H](C)C2. The highest BCUT2D eigenvalue weighted by atomic mass is 32.2. The summed E-state index contributed by atoms with van der Waals surface area (Å²) in [5.74, 6) is 1.20. The Morgan fingerprint density at radius 3 is 2.68 bits per heavy atom. The first-order chi connectivity index (χ1) is 13.5. The molecule has 1 amide bonds. The smallest absolute Gasteiger partial charge is 0.341 e. The number of anilines is 1. The Morgan fingerprint density at radius 1 is 1.25 bits per heavy atom. The normalized spacial score (nSPS) is 15.8. The first-order valence-corrected chi connectivity index (χ1v) is 11.6. The molecule has 1 aromatic heterocycles. The minimum atomic E-state index is -0.328. The van der Waals surface area contributed by atoms with Crippen molar-refractivity contribution in [2.24, 2.45) is 5.92 Å². The highest BCUT2D eigenvalue weighted by Gasteiger charge is 2.29. The van der Waals surface area contributed by atoms with Crippen molar-refractivity contribution in [1.29, 1.82) is 0 Å². The van der Waals surface area contributed by atoms with Gasteiger partial charge in [0, 0.05) is 9.77 Å². The van der Waals surface area contributed by atoms with Gasteiger partial charge in [-0.3, -0.25) is 4.79 Å². The van der Waals surface area contributed by atoms with Crippen molar-refractivity contribution in [1.82, 2.24) is 0 Å². The number of amides is 1. The number of ether oxygens (including phenoxy) is 1. The first kappa shape index (κ1) is 20.9. The highest BCUT2D eigenvalue weighted by Crippen LogP contribution is 2.40. The Balaban J connectivity index is 1.77. The quantitative estimate of drug-likeness (QED) is 0.488. The predicted octanol–water partition coefficient (Wildman–Crippen LogP) is 5.34. The molecule has 4 nitrogen and oxygen atoms in total. The van der Waals surface area contributed by atoms with E-state index in [0.29, 0.717) is 23.1 Å². The van der Waals surface area contributed by atoms with Crippen LogP contribution in [0.1, 0.15) is 53.6 Å². The van der Waals surface area contributed by atoms with Gasteiger partial charge in [0.1, 0.15) is 5.00 Å². The first-order valence-electron chi connectivity index (χ1n) is 9.85. The van der Waals surface area contributed by atoms with Gasteiger partial charge in [0.25, 0.3) is 0 Å². The fourth-order valence-corrected chi connectivity index (χ4v) is 5.56. The van der Waals surface area contributed by atoms with Gasteiger partial charge < -0.3 is 10.1 Å². The van der Waals surface area contributed by atoms with E-state index in [1.54, 1.807) is 18.7 Å². The summed E-state index contributed by atoms with van der Waals surface area (Å²) in [5.41, 5.74) is 2.60. The summed E-state index contributed by atoms with van der Waals surface area (Å²) in [6.45, 7) is 6.48. The molecule has 2 aromatic rings. The second-order valence-corrected chi connectivity index (χ2v) is 9.52. The molecule has 0 radical (unpaired) electrons. The number of carbonyl (C=O) groups excluding carboxylic acids is 2. The van der Waals surface area contributed by atoms with Gasteiger partial charge in [-0.15, -0.1) is 23.1 Å². The zero-order chi connectivity index (χ0) is 20.1. The number of fused-ring (bicyclic) bond motifs is 1. The van der Waals surface area contributed by atoms with E-state index in [1.807, 2.05) is 24.3 Å². The van der Waals surface area contributed by atoms with E-state index < -0.39 is 0 Å². The van der Waals surface area contributed by atoms with Crippen LogP contribution in [0.15, 0.2) is 29.2 Å². The van der Waals surface area contributed by atoms with Crippen molar-refractivity contribution < 1.29 is 14.3 Å². The summed E-state index contributed by atoms with van der Waals surface area (Å²) in [6.07, 6.45) is 3.18. The van der Waals surface area contributed by atoms with Crippen LogP contribution in [-0.2, 0) is 28.8 Å². The summed E-state index contributed by atoms with van der Waals surface area (Å²) in [5, 5.41) is 3.62. The molecule has 1 aliphatic rings. The van der Waals surface area contributed by atoms with Crippen LogP contribution >= 0.6 is 23.1 Å². The van der Waals surface area contributed by atoms with E-state index in [1.165, 1.54) is 21.1 Å². The average Bonchev–Trinajstić information content (AvgIpc) is 3.00. The Hall–Kier alpha value is -1.79. The van der Waals surface area contributed by atoms with Gasteiger partial charge in [0.05, 0.1) is 18.6 Å². The number of thiophene rings is 1. The van der Waals surface area contributed by atoms with Gasteiger partial charge in [-0.05, 0) is 61.1 Å². The number of hydrogen-bond donors (Lipinski definition) is 1. The van der Waals surface area contributed by atoms with E-state index in [-0.39, 0.29) is 18.3 Å². The second-order valence-electron chi connectivity index (χ2n) is 7.08. The topological polar surface area (TPSA) is 55.4 Å². The molecule has 1 heterocycles. The van der Waals surface area contributed by atoms with E-state index in [9.17, 15) is 9.59 Å². The van der Waals surface area contributed by atoms with Crippen LogP contribution < -0.4 is 5.32 Å². The van der Waals surface area contributed by atoms with Gasteiger partial charge in [-0.25, -0.2) is 4.79 Å². The maximum absolute atomic E-state index is 12.6. The van der Waals surface area contributed by atoms with Gasteiger partial charge in [0.2, 0.25) is 5.91 Å². The van der Waals surface area contributed by atoms with E-state index in [0.717, 1.165) is 36.1 Å². The maximum atomic E-state index is 12.6. The lowest BCUT2D eigenvalue weighted by Crippen LogP contribution is -2.17. The van der Waals surface area contributed by atoms with Gasteiger partial charge >= 0.3 is 5.97 Å². The van der Waals surface area contributed by atoms with Crippen LogP contribution in [0, 0.1) is 5.92 Å². The van der Waals surface area contributed by atoms with Crippen molar-refractivity contribution in [3.63, 3.8) is 0 Å². The average molecular weight is 418 g/mol. The van der Waals surface area contributed by atoms with Gasteiger partial charge in [0.15, 0.2) is 0 Å². The lowest BCUT2D eigenvalue weighted by atomic mass is 9.88. The summed E-state index contributed by atoms with van der Waals surface area (Å²) in [6, 6.07) is 8.08. The third-order valence-electron chi connectivity index (χ3n) is 4.84. The zero-order valence-corrected chi connectivity index (χ0v) is 18.3. The molecule has 0 spiro atoms. The summed E-state index contributed by atoms with van der Waals surface area (Å²) in [4.78, 5) is 27.6. The molecule has 0 unspecified atom stereocenters. The van der Waals surface area contributed by atoms with Crippen LogP contribution in [0.2, 0.25) is 0 Å². The van der Waals surface area contributed by atoms with Crippen molar-refractivity contribution in [3.8, 4) is 0 Å². The van der Waals surface area contributed by atoms with Crippen LogP contribution in [-0.4, -0.2) is 24.2 Å². The van der Waals surface area contributed by atoms with Crippen molar-refractivity contribution in [3.05, 3.63) is 45.8 Å². The van der Waals surface area contributed by atoms with Crippen LogP contribution in [0.5, 0.6) is 0 Å². The highest BCUT2D eigenvalue weighted by molar-refractivity contribution is 7.99. The second kappa shape index (κ2) is 9.61. The molecule has 0 aliphatic heterocycles. The number of benzene rings is 1. The standard InChI is InChI=1S/C22H27NO3S2/c1-4-26-22(25)20-17-11-6-14(3)12-18(17)28-21(20)23-19(24)13-15-7-9-16(10-8-15)27-5-2/h7-10,14H,4-6,11-13H2,1-3H3,(H,23,24)/t14-/m1/s1. The summed E-state index contributed by atoms with van der Waals surface area (Å²) < 4.78 is 5.27. The molecular formula is C22H27NO3S2. The summed E-state index contributed by atoms with van der Waals surface area (Å²) in [7, 11) is 0. The third-order valence-corrected chi connectivity index (χ3v) is 6.91. The summed E-state index contributed by atoms with van der Waals surface area (Å²) >= 11 is 3.31. The van der Waals surface area contributed by atoms with E-state index in [2.05, 4.69) is 19.2 Å². The number of thioether (sulfide) groups is 1. The molecule has 1 aliphatic carbocycles. The molecule has 150 valence electrons. The lowest BCUT2D eigenvalue weighted by Gasteiger charge is -2.18. The molecule has 1 aromatic carbocycles. The van der Waals surface area contributed by atoms with Crippen LogP contribution in [0.25, 0.3) is 0 Å². The molecule has 3 rings (SSSR count). The zero-order valence-electron chi connectivity index (χ0n) is 16.7. The van der Waals surface area contributed by atoms with E-state index in [4.69, 9.17) is 4.74 Å². The van der Waals surface area contributed by atoms with Crippen LogP contribution in [0.3, 0.4) is 0 Å². The maximum Gasteiger partial charge on any atom is 0.341 e. The number of nitrogens with one attached hydrogen (secondary N) is 1. The van der Waals surface area contributed by atoms with Gasteiger partial charge in [-0.2, -0.15) is 0 Å². The number of rotatable bonds is 7. The van der Waals surface area contributed by atoms with Crippen molar-refractivity contribution in [2.45, 2.75) is 51.3 Å². The molecule has 0 saturated heterocycles. The van der Waals surface area contributed by atoms with E-state index >= 15 is 0 Å². The third kappa shape index (κ3) is 4.97. The minimum absolute atomic E-state index is 0.104. The monoisotopic (exact) mass is 417 g/mol. The number of esters is 1. The largest absolute Gasteiger partial charge is 0.462 e. The molecule has 0 saturated carbocycles. The minimum Gasteiger partial charge on any atom is -0.462 e. The fourth-order valence-electron chi connectivity index (χ4n) is 3.48. The van der Waals surface area contributed by atoms with Crippen molar-refractivity contribution >= 4 is 40.0 Å². The Bertz CT molecular complexity index is 842. The van der Waals surface area contributed by atoms with Gasteiger partial charge in [-0.1, -0.05) is 26.0 Å². The molecule has 1 N–H and O–H groups in total. The molecule has 28 heavy (non-hydrogen) atoms. The predicted molar refractivity (Wildman–Crippen MR) is 117 cm³/mol. The Kier molecular flexibility index (Phi) is 7.18. The molecule has 0 bridgehead atoms. The van der Waals surface area contributed by atoms with Crippen LogP contribution in [0.4, 0.5) is 5.00 Å². The molecule has 6 heteroatoms. The number of hydrogen-bond acceptors (Lipinski definition) is 5. The fraction of sp³-hybridized carbons (Fsp3) is 0.455. The molecular weight excluding hydrogens is 390 g/mol. The number of carbonyl (C=O) groups is 2. The Morgan fingerprint density at radius 2 is 2.00 bits per heavy atom. The van der Waals surface area contributed by atoms with Crippen molar-refractivity contribution in [2.75, 3.05) is 17.7 Å². The molecule has 1 atom stereocenters.